The SMILES string of the molecule is C=C(C(=O)Oc1ccc(/C=C/c2ccc(-c3ccc(OC(=O)C(=C)C(F)(F)F)c(OC(=O)C(=C)C(F)(F)F)c3)cc2)cc1OC(=O)C(=C)C(F)(F)F)C(F)(F)F. The van der Waals surface area contributed by atoms with E-state index in [4.69, 9.17) is 0 Å². The molecule has 0 aliphatic rings. The zero-order valence-electron chi connectivity index (χ0n) is 27.6. The van der Waals surface area contributed by atoms with E-state index in [0.29, 0.717) is 5.56 Å². The van der Waals surface area contributed by atoms with Crippen molar-refractivity contribution in [1.29, 1.82) is 0 Å². The number of ether oxygens (including phenoxy) is 4. The first kappa shape index (κ1) is 43.8. The van der Waals surface area contributed by atoms with Crippen LogP contribution in [0.15, 0.2) is 109 Å². The summed E-state index contributed by atoms with van der Waals surface area (Å²) in [5.74, 6) is -11.9. The minimum absolute atomic E-state index is 0.0224. The van der Waals surface area contributed by atoms with Gasteiger partial charge in [-0.05, 0) is 46.5 Å². The van der Waals surface area contributed by atoms with Crippen molar-refractivity contribution in [2.45, 2.75) is 24.7 Å². The Balaban J connectivity index is 1.95. The van der Waals surface area contributed by atoms with E-state index in [9.17, 15) is 71.9 Å². The molecule has 56 heavy (non-hydrogen) atoms. The molecule has 0 fully saturated rings. The molecule has 0 spiro atoms. The number of carbonyl (C=O) groups excluding carboxylic acids is 4. The van der Waals surface area contributed by atoms with Gasteiger partial charge in [-0.1, -0.05) is 74.9 Å². The first-order chi connectivity index (χ1) is 25.6. The molecular formula is C36H20F12O8. The maximum Gasteiger partial charge on any atom is 0.422 e. The van der Waals surface area contributed by atoms with Gasteiger partial charge in [-0.3, -0.25) is 0 Å². The summed E-state index contributed by atoms with van der Waals surface area (Å²) in [4.78, 5) is 48.1. The minimum Gasteiger partial charge on any atom is -0.419 e. The molecule has 0 unspecified atom stereocenters. The third-order valence-corrected chi connectivity index (χ3v) is 6.79. The van der Waals surface area contributed by atoms with E-state index in [0.717, 1.165) is 36.4 Å². The highest BCUT2D eigenvalue weighted by molar-refractivity contribution is 5.94. The normalized spacial score (nSPS) is 12.1. The fourth-order valence-corrected chi connectivity index (χ4v) is 3.73. The highest BCUT2D eigenvalue weighted by Gasteiger charge is 2.42. The fourth-order valence-electron chi connectivity index (χ4n) is 3.73. The first-order valence-corrected chi connectivity index (χ1v) is 14.6. The lowest BCUT2D eigenvalue weighted by Crippen LogP contribution is -2.25. The maximum absolute atomic E-state index is 13.0. The summed E-state index contributed by atoms with van der Waals surface area (Å²) in [6.45, 7) is 10.2. The number of esters is 4. The molecule has 0 N–H and O–H groups in total. The van der Waals surface area contributed by atoms with Gasteiger partial charge in [-0.2, -0.15) is 52.7 Å². The van der Waals surface area contributed by atoms with Gasteiger partial charge in [0.1, 0.15) is 22.3 Å². The fraction of sp³-hybridized carbons (Fsp3) is 0.111. The van der Waals surface area contributed by atoms with Crippen molar-refractivity contribution >= 4 is 36.0 Å². The molecule has 0 heterocycles. The zero-order chi connectivity index (χ0) is 42.6. The Kier molecular flexibility index (Phi) is 12.8. The second-order valence-electron chi connectivity index (χ2n) is 10.8. The predicted octanol–water partition coefficient (Wildman–Crippen LogP) is 9.62. The van der Waals surface area contributed by atoms with E-state index in [1.807, 2.05) is 0 Å². The topological polar surface area (TPSA) is 105 Å². The Hall–Kier alpha value is -6.60. The third-order valence-electron chi connectivity index (χ3n) is 6.79. The molecule has 0 atom stereocenters. The molecule has 0 saturated heterocycles. The van der Waals surface area contributed by atoms with Crippen molar-refractivity contribution in [2.24, 2.45) is 0 Å². The largest absolute Gasteiger partial charge is 0.422 e. The summed E-state index contributed by atoms with van der Waals surface area (Å²) in [7, 11) is 0. The molecule has 296 valence electrons. The van der Waals surface area contributed by atoms with Gasteiger partial charge >= 0.3 is 48.6 Å². The van der Waals surface area contributed by atoms with Crippen LogP contribution < -0.4 is 18.9 Å². The first-order valence-electron chi connectivity index (χ1n) is 14.6. The van der Waals surface area contributed by atoms with Gasteiger partial charge < -0.3 is 18.9 Å². The van der Waals surface area contributed by atoms with Crippen molar-refractivity contribution in [3.8, 4) is 34.1 Å². The Morgan fingerprint density at radius 3 is 1.05 bits per heavy atom. The lowest BCUT2D eigenvalue weighted by Gasteiger charge is -2.15. The summed E-state index contributed by atoms with van der Waals surface area (Å²) in [6.07, 6.45) is -18.4. The van der Waals surface area contributed by atoms with Crippen LogP contribution in [0, 0.1) is 0 Å². The smallest absolute Gasteiger partial charge is 0.419 e. The van der Waals surface area contributed by atoms with Crippen LogP contribution in [0.5, 0.6) is 23.0 Å². The third kappa shape index (κ3) is 11.5. The molecule has 3 rings (SSSR count). The van der Waals surface area contributed by atoms with Crippen LogP contribution in [-0.4, -0.2) is 48.6 Å². The Bertz CT molecular complexity index is 2140. The van der Waals surface area contributed by atoms with Crippen LogP contribution in [0.25, 0.3) is 23.3 Å². The van der Waals surface area contributed by atoms with Crippen LogP contribution in [0.2, 0.25) is 0 Å². The van der Waals surface area contributed by atoms with Crippen LogP contribution in [0.3, 0.4) is 0 Å². The molecule has 8 nitrogen and oxygen atoms in total. The molecule has 0 aliphatic heterocycles. The minimum atomic E-state index is -5.27. The number of carbonyl (C=O) groups is 4. The number of alkyl halides is 12. The van der Waals surface area contributed by atoms with E-state index in [2.05, 4.69) is 45.3 Å². The molecule has 0 radical (unpaired) electrons. The van der Waals surface area contributed by atoms with Gasteiger partial charge in [0.2, 0.25) is 0 Å². The van der Waals surface area contributed by atoms with Gasteiger partial charge in [-0.15, -0.1) is 0 Å². The molecule has 0 bridgehead atoms. The Morgan fingerprint density at radius 2 is 0.679 bits per heavy atom. The maximum atomic E-state index is 13.0. The molecule has 0 aromatic heterocycles. The van der Waals surface area contributed by atoms with Crippen molar-refractivity contribution in [3.05, 3.63) is 120 Å². The highest BCUT2D eigenvalue weighted by Crippen LogP contribution is 2.37. The van der Waals surface area contributed by atoms with Gasteiger partial charge in [-0.25, -0.2) is 19.2 Å². The number of halogens is 12. The molecule has 0 amide bonds. The van der Waals surface area contributed by atoms with Crippen molar-refractivity contribution in [3.63, 3.8) is 0 Å². The average Bonchev–Trinajstić information content (AvgIpc) is 3.09. The van der Waals surface area contributed by atoms with E-state index in [-0.39, 0.29) is 16.7 Å². The predicted molar refractivity (Wildman–Crippen MR) is 171 cm³/mol. The standard InChI is InChI=1S/C36H20F12O8/c1-17(33(37,38)39)29(49)53-25-13-9-22(15-27(25)55-31(51)19(3)35(43,44)45)6-5-21-7-10-23(11-8-21)24-12-14-26(54-30(50)18(2)34(40,41)42)28(16-24)56-32(52)20(4)36(46,47)48/h5-16H,1-4H2/b6-5+. The van der Waals surface area contributed by atoms with Crippen molar-refractivity contribution < 1.29 is 90.8 Å². The van der Waals surface area contributed by atoms with Crippen molar-refractivity contribution in [2.75, 3.05) is 0 Å². The van der Waals surface area contributed by atoms with Gasteiger partial charge in [0.15, 0.2) is 23.0 Å². The van der Waals surface area contributed by atoms with Gasteiger partial charge in [0.25, 0.3) is 0 Å². The molecule has 3 aromatic carbocycles. The second kappa shape index (κ2) is 16.4. The lowest BCUT2D eigenvalue weighted by molar-refractivity contribution is -0.145. The summed E-state index contributed by atoms with van der Waals surface area (Å²) >= 11 is 0. The van der Waals surface area contributed by atoms with Crippen LogP contribution in [0.4, 0.5) is 52.7 Å². The van der Waals surface area contributed by atoms with Crippen LogP contribution in [0.1, 0.15) is 11.1 Å². The van der Waals surface area contributed by atoms with Crippen LogP contribution in [-0.2, 0) is 19.2 Å². The van der Waals surface area contributed by atoms with Crippen LogP contribution >= 0.6 is 0 Å². The average molecular weight is 809 g/mol. The van der Waals surface area contributed by atoms with Gasteiger partial charge in [0.05, 0.1) is 0 Å². The molecule has 20 heteroatoms. The molecule has 0 saturated carbocycles. The highest BCUT2D eigenvalue weighted by atomic mass is 19.4. The quantitative estimate of drug-likeness (QED) is 0.0621. The van der Waals surface area contributed by atoms with Gasteiger partial charge in [0, 0.05) is 0 Å². The van der Waals surface area contributed by atoms with E-state index >= 15 is 0 Å². The summed E-state index contributed by atoms with van der Waals surface area (Å²) in [5, 5.41) is 0. The molecule has 3 aromatic rings. The van der Waals surface area contributed by atoms with Crippen molar-refractivity contribution in [1.82, 2.24) is 0 Å². The number of benzene rings is 3. The lowest BCUT2D eigenvalue weighted by atomic mass is 10.0. The molecular weight excluding hydrogens is 788 g/mol. The monoisotopic (exact) mass is 808 g/mol. The summed E-state index contributed by atoms with van der Waals surface area (Å²) in [6, 6.07) is 11.1. The van der Waals surface area contributed by atoms with E-state index in [1.165, 1.54) is 36.4 Å². The molecule has 0 aliphatic carbocycles. The second-order valence-corrected chi connectivity index (χ2v) is 10.8. The number of hydrogen-bond acceptors (Lipinski definition) is 8. The summed E-state index contributed by atoms with van der Waals surface area (Å²) in [5.41, 5.74) is -7.32. The zero-order valence-corrected chi connectivity index (χ0v) is 27.6. The number of rotatable bonds is 11. The summed E-state index contributed by atoms with van der Waals surface area (Å²) < 4.78 is 174. The Morgan fingerprint density at radius 1 is 0.393 bits per heavy atom. The van der Waals surface area contributed by atoms with E-state index < -0.39 is 93.9 Å². The van der Waals surface area contributed by atoms with E-state index in [1.54, 1.807) is 0 Å². The Labute approximate surface area is 306 Å². The number of hydrogen-bond donors (Lipinski definition) is 0.